The second-order valence-electron chi connectivity index (χ2n) is 4.52. The lowest BCUT2D eigenvalue weighted by Gasteiger charge is -2.04. The fraction of sp³-hybridized carbons (Fsp3) is 0.538. The molecule has 0 radical (unpaired) electrons. The molecule has 2 aromatic rings. The molecule has 19 heavy (non-hydrogen) atoms. The van der Waals surface area contributed by atoms with Crippen molar-refractivity contribution in [3.8, 4) is 11.3 Å². The summed E-state index contributed by atoms with van der Waals surface area (Å²) in [4.78, 5) is 0. The molecule has 2 aromatic heterocycles. The minimum Gasteiger partial charge on any atom is -0.383 e. The Kier molecular flexibility index (Phi) is 4.34. The van der Waals surface area contributed by atoms with Gasteiger partial charge in [-0.1, -0.05) is 5.16 Å². The van der Waals surface area contributed by atoms with Crippen molar-refractivity contribution in [3.05, 3.63) is 23.1 Å². The van der Waals surface area contributed by atoms with Crippen LogP contribution in [0.3, 0.4) is 0 Å². The van der Waals surface area contributed by atoms with Gasteiger partial charge in [0.15, 0.2) is 5.76 Å². The molecule has 0 atom stereocenters. The van der Waals surface area contributed by atoms with Gasteiger partial charge in [-0.05, 0) is 13.8 Å². The highest BCUT2D eigenvalue weighted by Crippen LogP contribution is 2.29. The van der Waals surface area contributed by atoms with Gasteiger partial charge in [0.25, 0.3) is 0 Å². The minimum absolute atomic E-state index is 0.686. The number of aryl methyl sites for hydroxylation is 2. The van der Waals surface area contributed by atoms with Crippen LogP contribution in [0.5, 0.6) is 0 Å². The fourth-order valence-corrected chi connectivity index (χ4v) is 2.09. The molecule has 6 heteroatoms. The van der Waals surface area contributed by atoms with Crippen molar-refractivity contribution in [2.45, 2.75) is 20.4 Å². The predicted molar refractivity (Wildman–Crippen MR) is 71.8 cm³/mol. The summed E-state index contributed by atoms with van der Waals surface area (Å²) in [7, 11) is 3.62. The molecule has 0 saturated heterocycles. The standard InChI is InChI=1S/C13H20N4O2/c1-9-12(10(2)17(3)16-9)13-11(8-15-19-13)7-14-5-6-18-4/h8,14H,5-7H2,1-4H3. The summed E-state index contributed by atoms with van der Waals surface area (Å²) in [6, 6.07) is 0. The maximum atomic E-state index is 5.41. The van der Waals surface area contributed by atoms with E-state index in [4.69, 9.17) is 9.26 Å². The zero-order chi connectivity index (χ0) is 13.8. The van der Waals surface area contributed by atoms with E-state index in [-0.39, 0.29) is 0 Å². The zero-order valence-corrected chi connectivity index (χ0v) is 11.9. The lowest BCUT2D eigenvalue weighted by molar-refractivity contribution is 0.199. The van der Waals surface area contributed by atoms with Crippen LogP contribution in [0.25, 0.3) is 11.3 Å². The topological polar surface area (TPSA) is 65.1 Å². The summed E-state index contributed by atoms with van der Waals surface area (Å²) in [6.45, 7) is 6.20. The van der Waals surface area contributed by atoms with Gasteiger partial charge in [0, 0.05) is 38.5 Å². The first kappa shape index (κ1) is 13.8. The molecule has 2 heterocycles. The smallest absolute Gasteiger partial charge is 0.175 e. The van der Waals surface area contributed by atoms with Crippen molar-refractivity contribution in [1.29, 1.82) is 0 Å². The summed E-state index contributed by atoms with van der Waals surface area (Å²) in [6.07, 6.45) is 1.75. The Labute approximate surface area is 112 Å². The number of rotatable bonds is 6. The fourth-order valence-electron chi connectivity index (χ4n) is 2.09. The first-order valence-electron chi connectivity index (χ1n) is 6.29. The average molecular weight is 264 g/mol. The monoisotopic (exact) mass is 264 g/mol. The maximum Gasteiger partial charge on any atom is 0.175 e. The summed E-state index contributed by atoms with van der Waals surface area (Å²) >= 11 is 0. The maximum absolute atomic E-state index is 5.41. The second-order valence-corrected chi connectivity index (χ2v) is 4.52. The molecular weight excluding hydrogens is 244 g/mol. The highest BCUT2D eigenvalue weighted by molar-refractivity contribution is 5.66. The van der Waals surface area contributed by atoms with Crippen LogP contribution in [0.4, 0.5) is 0 Å². The first-order chi connectivity index (χ1) is 9.15. The molecule has 0 amide bonds. The highest BCUT2D eigenvalue weighted by atomic mass is 16.5. The van der Waals surface area contributed by atoms with Crippen molar-refractivity contribution in [2.24, 2.45) is 7.05 Å². The van der Waals surface area contributed by atoms with E-state index in [1.54, 1.807) is 13.3 Å². The third kappa shape index (κ3) is 2.85. The van der Waals surface area contributed by atoms with Crippen molar-refractivity contribution in [1.82, 2.24) is 20.3 Å². The van der Waals surface area contributed by atoms with E-state index in [1.165, 1.54) is 0 Å². The Morgan fingerprint density at radius 3 is 2.84 bits per heavy atom. The van der Waals surface area contributed by atoms with Crippen molar-refractivity contribution in [2.75, 3.05) is 20.3 Å². The number of aromatic nitrogens is 3. The molecule has 0 bridgehead atoms. The first-order valence-corrected chi connectivity index (χ1v) is 6.29. The SMILES string of the molecule is COCCNCc1cnoc1-c1c(C)nn(C)c1C. The van der Waals surface area contributed by atoms with E-state index in [1.807, 2.05) is 25.6 Å². The van der Waals surface area contributed by atoms with Crippen LogP contribution in [-0.2, 0) is 18.3 Å². The Balaban J connectivity index is 2.19. The second kappa shape index (κ2) is 5.99. The van der Waals surface area contributed by atoms with Gasteiger partial charge in [-0.15, -0.1) is 0 Å². The molecule has 0 aliphatic carbocycles. The molecule has 1 N–H and O–H groups in total. The number of ether oxygens (including phenoxy) is 1. The average Bonchev–Trinajstić information content (AvgIpc) is 2.91. The Bertz CT molecular complexity index is 545. The van der Waals surface area contributed by atoms with Crippen LogP contribution >= 0.6 is 0 Å². The molecule has 0 fully saturated rings. The van der Waals surface area contributed by atoms with E-state index in [2.05, 4.69) is 15.6 Å². The summed E-state index contributed by atoms with van der Waals surface area (Å²) < 4.78 is 12.3. The molecule has 6 nitrogen and oxygen atoms in total. The van der Waals surface area contributed by atoms with Gasteiger partial charge in [0.05, 0.1) is 24.1 Å². The van der Waals surface area contributed by atoms with E-state index < -0.39 is 0 Å². The number of hydrogen-bond acceptors (Lipinski definition) is 5. The summed E-state index contributed by atoms with van der Waals surface area (Å²) in [5, 5.41) is 11.6. The van der Waals surface area contributed by atoms with Crippen molar-refractivity contribution >= 4 is 0 Å². The van der Waals surface area contributed by atoms with Gasteiger partial charge < -0.3 is 14.6 Å². The van der Waals surface area contributed by atoms with Crippen LogP contribution in [0.2, 0.25) is 0 Å². The molecule has 0 unspecified atom stereocenters. The van der Waals surface area contributed by atoms with E-state index >= 15 is 0 Å². The Morgan fingerprint density at radius 2 is 2.21 bits per heavy atom. The number of methoxy groups -OCH3 is 1. The van der Waals surface area contributed by atoms with E-state index in [0.29, 0.717) is 13.2 Å². The predicted octanol–water partition coefficient (Wildman–Crippen LogP) is 1.43. The van der Waals surface area contributed by atoms with Crippen molar-refractivity contribution < 1.29 is 9.26 Å². The summed E-state index contributed by atoms with van der Waals surface area (Å²) in [5.74, 6) is 0.799. The normalized spacial score (nSPS) is 11.2. The van der Waals surface area contributed by atoms with Crippen LogP contribution in [0, 0.1) is 13.8 Å². The van der Waals surface area contributed by atoms with Gasteiger partial charge in [-0.25, -0.2) is 0 Å². The number of nitrogens with one attached hydrogen (secondary N) is 1. The number of hydrogen-bond donors (Lipinski definition) is 1. The molecule has 0 spiro atoms. The zero-order valence-electron chi connectivity index (χ0n) is 11.9. The molecule has 0 aliphatic rings. The van der Waals surface area contributed by atoms with E-state index in [9.17, 15) is 0 Å². The van der Waals surface area contributed by atoms with Gasteiger partial charge in [0.2, 0.25) is 0 Å². The number of nitrogens with zero attached hydrogens (tertiary/aromatic N) is 3. The van der Waals surface area contributed by atoms with Crippen LogP contribution in [-0.4, -0.2) is 35.2 Å². The third-order valence-electron chi connectivity index (χ3n) is 3.18. The van der Waals surface area contributed by atoms with Gasteiger partial charge in [-0.3, -0.25) is 4.68 Å². The molecular formula is C13H20N4O2. The largest absolute Gasteiger partial charge is 0.383 e. The van der Waals surface area contributed by atoms with Gasteiger partial charge in [0.1, 0.15) is 0 Å². The Morgan fingerprint density at radius 1 is 1.42 bits per heavy atom. The molecule has 0 saturated carbocycles. The molecule has 2 rings (SSSR count). The third-order valence-corrected chi connectivity index (χ3v) is 3.18. The molecule has 0 aliphatic heterocycles. The quantitative estimate of drug-likeness (QED) is 0.799. The van der Waals surface area contributed by atoms with Crippen LogP contribution in [0.1, 0.15) is 17.0 Å². The van der Waals surface area contributed by atoms with Gasteiger partial charge >= 0.3 is 0 Å². The molecule has 0 aromatic carbocycles. The van der Waals surface area contributed by atoms with Crippen LogP contribution < -0.4 is 5.32 Å². The molecule has 104 valence electrons. The van der Waals surface area contributed by atoms with E-state index in [0.717, 1.165) is 34.8 Å². The lowest BCUT2D eigenvalue weighted by Crippen LogP contribution is -2.18. The van der Waals surface area contributed by atoms with Gasteiger partial charge in [-0.2, -0.15) is 5.10 Å². The van der Waals surface area contributed by atoms with Crippen LogP contribution in [0.15, 0.2) is 10.7 Å². The lowest BCUT2D eigenvalue weighted by atomic mass is 10.1. The van der Waals surface area contributed by atoms with Crippen molar-refractivity contribution in [3.63, 3.8) is 0 Å². The minimum atomic E-state index is 0.686. The highest BCUT2D eigenvalue weighted by Gasteiger charge is 2.18. The summed E-state index contributed by atoms with van der Waals surface area (Å²) in [5.41, 5.74) is 4.10. The Hall–Kier alpha value is -1.66.